The number of nitrogens with one attached hydrogen (secondary N) is 1. The maximum Gasteiger partial charge on any atom is 0.190 e. The van der Waals surface area contributed by atoms with Gasteiger partial charge in [0.25, 0.3) is 0 Å². The van der Waals surface area contributed by atoms with E-state index in [9.17, 15) is 4.39 Å². The van der Waals surface area contributed by atoms with E-state index in [4.69, 9.17) is 0 Å². The third-order valence-electron chi connectivity index (χ3n) is 2.59. The lowest BCUT2D eigenvalue weighted by atomic mass is 10.2. The Labute approximate surface area is 116 Å². The Morgan fingerprint density at radius 2 is 2.21 bits per heavy atom. The summed E-state index contributed by atoms with van der Waals surface area (Å²) in [6, 6.07) is 5.17. The summed E-state index contributed by atoms with van der Waals surface area (Å²) in [5, 5.41) is 8.12. The zero-order valence-electron chi connectivity index (χ0n) is 11.2. The van der Waals surface area contributed by atoms with Crippen LogP contribution in [0.4, 0.5) is 4.39 Å². The van der Waals surface area contributed by atoms with Gasteiger partial charge in [-0.15, -0.1) is 0 Å². The van der Waals surface area contributed by atoms with E-state index in [0.717, 1.165) is 15.6 Å². The number of nitrogens with zero attached hydrogens (tertiary/aromatic N) is 3. The Hall–Kier alpha value is -1.40. The fourth-order valence-electron chi connectivity index (χ4n) is 1.58. The second kappa shape index (κ2) is 6.16. The fourth-order valence-corrected chi connectivity index (χ4v) is 2.45. The predicted octanol–water partition coefficient (Wildman–Crippen LogP) is 2.60. The summed E-state index contributed by atoms with van der Waals surface area (Å²) in [7, 11) is 1.84. The second-order valence-corrected chi connectivity index (χ2v) is 5.57. The van der Waals surface area contributed by atoms with Crippen LogP contribution in [-0.4, -0.2) is 20.8 Å². The number of hydrogen-bond donors (Lipinski definition) is 1. The molecule has 6 heteroatoms. The van der Waals surface area contributed by atoms with Crippen molar-refractivity contribution in [3.05, 3.63) is 35.9 Å². The molecule has 102 valence electrons. The summed E-state index contributed by atoms with van der Waals surface area (Å²) in [6.07, 6.45) is 1.51. The first kappa shape index (κ1) is 14.0. The van der Waals surface area contributed by atoms with Crippen molar-refractivity contribution in [1.29, 1.82) is 0 Å². The number of rotatable bonds is 5. The molecular formula is C13H17FN4S. The molecule has 1 aromatic heterocycles. The van der Waals surface area contributed by atoms with E-state index in [0.29, 0.717) is 12.6 Å². The lowest BCUT2D eigenvalue weighted by molar-refractivity contribution is 0.576. The molecule has 0 atom stereocenters. The molecule has 0 fully saturated rings. The van der Waals surface area contributed by atoms with Crippen LogP contribution in [0.15, 0.2) is 34.6 Å². The highest BCUT2D eigenvalue weighted by atomic mass is 32.2. The van der Waals surface area contributed by atoms with E-state index in [1.165, 1.54) is 24.2 Å². The Balaban J connectivity index is 2.21. The van der Waals surface area contributed by atoms with E-state index >= 15 is 0 Å². The second-order valence-electron chi connectivity index (χ2n) is 4.56. The Morgan fingerprint density at radius 3 is 2.84 bits per heavy atom. The van der Waals surface area contributed by atoms with Crippen LogP contribution in [0.1, 0.15) is 19.4 Å². The lowest BCUT2D eigenvalue weighted by Gasteiger charge is -2.12. The Kier molecular flexibility index (Phi) is 4.55. The molecule has 0 bridgehead atoms. The monoisotopic (exact) mass is 280 g/mol. The smallest absolute Gasteiger partial charge is 0.190 e. The predicted molar refractivity (Wildman–Crippen MR) is 73.5 cm³/mol. The SMILES string of the molecule is CC(C)NCc1cc(F)ccc1Sc1ncnn1C. The fraction of sp³-hybridized carbons (Fsp3) is 0.385. The molecule has 0 saturated heterocycles. The van der Waals surface area contributed by atoms with Crippen molar-refractivity contribution in [3.8, 4) is 0 Å². The van der Waals surface area contributed by atoms with Gasteiger partial charge in [-0.3, -0.25) is 0 Å². The van der Waals surface area contributed by atoms with Gasteiger partial charge in [-0.2, -0.15) is 5.10 Å². The molecule has 0 radical (unpaired) electrons. The van der Waals surface area contributed by atoms with Crippen molar-refractivity contribution in [2.75, 3.05) is 0 Å². The maximum absolute atomic E-state index is 13.4. The van der Waals surface area contributed by atoms with Crippen molar-refractivity contribution >= 4 is 11.8 Å². The molecule has 0 unspecified atom stereocenters. The number of aromatic nitrogens is 3. The van der Waals surface area contributed by atoms with Gasteiger partial charge in [0.1, 0.15) is 12.1 Å². The minimum absolute atomic E-state index is 0.220. The Bertz CT molecular complexity index is 553. The molecule has 4 nitrogen and oxygen atoms in total. The van der Waals surface area contributed by atoms with Crippen LogP contribution < -0.4 is 5.32 Å². The summed E-state index contributed by atoms with van der Waals surface area (Å²) in [4.78, 5) is 5.16. The van der Waals surface area contributed by atoms with Gasteiger partial charge in [0.2, 0.25) is 0 Å². The summed E-state index contributed by atoms with van der Waals surface area (Å²) in [5.41, 5.74) is 0.932. The van der Waals surface area contributed by atoms with Crippen molar-refractivity contribution in [3.63, 3.8) is 0 Å². The van der Waals surface area contributed by atoms with Crippen LogP contribution in [-0.2, 0) is 13.6 Å². The molecule has 0 aliphatic heterocycles. The van der Waals surface area contributed by atoms with Gasteiger partial charge in [-0.1, -0.05) is 13.8 Å². The molecule has 1 heterocycles. The highest BCUT2D eigenvalue weighted by molar-refractivity contribution is 7.99. The summed E-state index contributed by atoms with van der Waals surface area (Å²) < 4.78 is 15.1. The van der Waals surface area contributed by atoms with Gasteiger partial charge >= 0.3 is 0 Å². The molecular weight excluding hydrogens is 263 g/mol. The molecule has 0 saturated carbocycles. The zero-order chi connectivity index (χ0) is 13.8. The molecule has 2 rings (SSSR count). The van der Waals surface area contributed by atoms with E-state index in [1.807, 2.05) is 7.05 Å². The molecule has 0 amide bonds. The lowest BCUT2D eigenvalue weighted by Crippen LogP contribution is -2.22. The van der Waals surface area contributed by atoms with Gasteiger partial charge in [0.15, 0.2) is 5.16 Å². The zero-order valence-corrected chi connectivity index (χ0v) is 12.0. The standard InChI is InChI=1S/C13H17FN4S/c1-9(2)15-7-10-6-11(14)4-5-12(10)19-13-16-8-17-18(13)3/h4-6,8-9,15H,7H2,1-3H3. The van der Waals surface area contributed by atoms with Gasteiger partial charge in [-0.25, -0.2) is 14.1 Å². The average molecular weight is 280 g/mol. The molecule has 0 spiro atoms. The number of benzene rings is 1. The van der Waals surface area contributed by atoms with Crippen LogP contribution in [0.3, 0.4) is 0 Å². The number of halogens is 1. The summed E-state index contributed by atoms with van der Waals surface area (Å²) in [5.74, 6) is -0.220. The molecule has 19 heavy (non-hydrogen) atoms. The van der Waals surface area contributed by atoms with Crippen LogP contribution in [0.25, 0.3) is 0 Å². The minimum Gasteiger partial charge on any atom is -0.310 e. The van der Waals surface area contributed by atoms with E-state index in [1.54, 1.807) is 16.8 Å². The van der Waals surface area contributed by atoms with Crippen LogP contribution >= 0.6 is 11.8 Å². The highest BCUT2D eigenvalue weighted by Gasteiger charge is 2.09. The van der Waals surface area contributed by atoms with Crippen molar-refractivity contribution in [1.82, 2.24) is 20.1 Å². The van der Waals surface area contributed by atoms with Gasteiger partial charge < -0.3 is 5.32 Å². The number of hydrogen-bond acceptors (Lipinski definition) is 4. The first-order valence-electron chi connectivity index (χ1n) is 6.10. The van der Waals surface area contributed by atoms with Crippen LogP contribution in [0, 0.1) is 5.82 Å². The average Bonchev–Trinajstić information content (AvgIpc) is 2.75. The number of aryl methyl sites for hydroxylation is 1. The van der Waals surface area contributed by atoms with E-state index in [2.05, 4.69) is 29.2 Å². The summed E-state index contributed by atoms with van der Waals surface area (Å²) in [6.45, 7) is 4.76. The molecule has 0 aliphatic rings. The van der Waals surface area contributed by atoms with Crippen molar-refractivity contribution in [2.45, 2.75) is 36.5 Å². The topological polar surface area (TPSA) is 42.7 Å². The quantitative estimate of drug-likeness (QED) is 0.914. The molecule has 0 aliphatic carbocycles. The van der Waals surface area contributed by atoms with E-state index in [-0.39, 0.29) is 5.82 Å². The highest BCUT2D eigenvalue weighted by Crippen LogP contribution is 2.29. The van der Waals surface area contributed by atoms with Crippen molar-refractivity contribution in [2.24, 2.45) is 7.05 Å². The third-order valence-corrected chi connectivity index (χ3v) is 3.76. The van der Waals surface area contributed by atoms with Gasteiger partial charge in [0, 0.05) is 24.5 Å². The van der Waals surface area contributed by atoms with Crippen molar-refractivity contribution < 1.29 is 4.39 Å². The summed E-state index contributed by atoms with van der Waals surface area (Å²) >= 11 is 1.49. The minimum atomic E-state index is -0.220. The molecule has 1 aromatic carbocycles. The van der Waals surface area contributed by atoms with Crippen LogP contribution in [0.5, 0.6) is 0 Å². The molecule has 1 N–H and O–H groups in total. The van der Waals surface area contributed by atoms with Gasteiger partial charge in [0.05, 0.1) is 0 Å². The van der Waals surface area contributed by atoms with Gasteiger partial charge in [-0.05, 0) is 35.5 Å². The van der Waals surface area contributed by atoms with E-state index < -0.39 is 0 Å². The maximum atomic E-state index is 13.4. The first-order chi connectivity index (χ1) is 9.06. The molecule has 2 aromatic rings. The largest absolute Gasteiger partial charge is 0.310 e. The third kappa shape index (κ3) is 3.78. The van der Waals surface area contributed by atoms with Crippen LogP contribution in [0.2, 0.25) is 0 Å². The first-order valence-corrected chi connectivity index (χ1v) is 6.91. The Morgan fingerprint density at radius 1 is 1.42 bits per heavy atom. The normalized spacial score (nSPS) is 11.2.